The largest absolute Gasteiger partial charge is 0.496 e. The summed E-state index contributed by atoms with van der Waals surface area (Å²) in [5.41, 5.74) is 8.98. The van der Waals surface area contributed by atoms with E-state index in [4.69, 9.17) is 22.1 Å². The maximum absolute atomic E-state index is 6.20. The van der Waals surface area contributed by atoms with E-state index in [1.807, 2.05) is 48.5 Å². The number of hydrogen-bond donors (Lipinski definition) is 1. The van der Waals surface area contributed by atoms with Gasteiger partial charge in [-0.2, -0.15) is 5.10 Å². The maximum atomic E-state index is 6.20. The number of rotatable bonds is 3. The Hall–Kier alpha value is -2.46. The average molecular weight is 300 g/mol. The van der Waals surface area contributed by atoms with Crippen molar-refractivity contribution in [2.24, 2.45) is 0 Å². The van der Waals surface area contributed by atoms with Gasteiger partial charge in [-0.1, -0.05) is 35.9 Å². The molecule has 5 heteroatoms. The zero-order chi connectivity index (χ0) is 14.8. The van der Waals surface area contributed by atoms with Crippen molar-refractivity contribution in [2.75, 3.05) is 12.8 Å². The topological polar surface area (TPSA) is 53.1 Å². The zero-order valence-electron chi connectivity index (χ0n) is 11.5. The fourth-order valence-corrected chi connectivity index (χ4v) is 2.42. The molecular formula is C16H14ClN3O. The molecule has 4 nitrogen and oxygen atoms in total. The smallest absolute Gasteiger partial charge is 0.128 e. The van der Waals surface area contributed by atoms with Gasteiger partial charge in [0.05, 0.1) is 29.7 Å². The molecule has 106 valence electrons. The first-order valence-electron chi connectivity index (χ1n) is 6.44. The van der Waals surface area contributed by atoms with Crippen LogP contribution >= 0.6 is 11.6 Å². The number of aromatic nitrogens is 2. The van der Waals surface area contributed by atoms with Gasteiger partial charge in [-0.3, -0.25) is 0 Å². The van der Waals surface area contributed by atoms with Crippen LogP contribution in [0.2, 0.25) is 5.02 Å². The molecule has 1 aromatic heterocycles. The monoisotopic (exact) mass is 299 g/mol. The lowest BCUT2D eigenvalue weighted by molar-refractivity contribution is 0.416. The van der Waals surface area contributed by atoms with Crippen LogP contribution in [0.1, 0.15) is 0 Å². The molecule has 0 amide bonds. The molecule has 0 bridgehead atoms. The van der Waals surface area contributed by atoms with Crippen molar-refractivity contribution in [3.05, 3.63) is 59.8 Å². The Kier molecular flexibility index (Phi) is 3.54. The molecule has 0 saturated heterocycles. The second-order valence-electron chi connectivity index (χ2n) is 4.53. The third kappa shape index (κ3) is 2.45. The van der Waals surface area contributed by atoms with E-state index in [1.165, 1.54) is 0 Å². The molecule has 2 aromatic carbocycles. The first-order valence-corrected chi connectivity index (χ1v) is 6.82. The van der Waals surface area contributed by atoms with Gasteiger partial charge < -0.3 is 10.5 Å². The van der Waals surface area contributed by atoms with Gasteiger partial charge in [0.2, 0.25) is 0 Å². The molecule has 2 N–H and O–H groups in total. The van der Waals surface area contributed by atoms with Crippen LogP contribution in [0.4, 0.5) is 5.69 Å². The molecule has 1 heterocycles. The Morgan fingerprint density at radius 2 is 1.81 bits per heavy atom. The number of ether oxygens (including phenoxy) is 1. The number of nitrogen functional groups attached to an aromatic ring is 1. The molecule has 0 radical (unpaired) electrons. The molecular weight excluding hydrogens is 286 g/mol. The van der Waals surface area contributed by atoms with E-state index < -0.39 is 0 Å². The summed E-state index contributed by atoms with van der Waals surface area (Å²) < 4.78 is 7.04. The van der Waals surface area contributed by atoms with E-state index in [0.717, 1.165) is 17.0 Å². The number of methoxy groups -OCH3 is 1. The van der Waals surface area contributed by atoms with Crippen molar-refractivity contribution in [1.82, 2.24) is 9.78 Å². The summed E-state index contributed by atoms with van der Waals surface area (Å²) in [7, 11) is 1.63. The molecule has 0 aliphatic carbocycles. The Labute approximate surface area is 127 Å². The van der Waals surface area contributed by atoms with Gasteiger partial charge in [0.1, 0.15) is 11.4 Å². The fraction of sp³-hybridized carbons (Fsp3) is 0.0625. The molecule has 0 spiro atoms. The van der Waals surface area contributed by atoms with Crippen molar-refractivity contribution in [1.29, 1.82) is 0 Å². The third-order valence-electron chi connectivity index (χ3n) is 3.20. The Morgan fingerprint density at radius 3 is 2.57 bits per heavy atom. The van der Waals surface area contributed by atoms with Crippen LogP contribution in [0.25, 0.3) is 16.9 Å². The first-order chi connectivity index (χ1) is 10.2. The van der Waals surface area contributed by atoms with Crippen molar-refractivity contribution < 1.29 is 4.74 Å². The second kappa shape index (κ2) is 5.50. The SMILES string of the molecule is COc1ccccc1-c1nn(-c2ccccc2Cl)cc1N. The summed E-state index contributed by atoms with van der Waals surface area (Å²) in [6.45, 7) is 0. The molecule has 0 atom stereocenters. The molecule has 3 aromatic rings. The van der Waals surface area contributed by atoms with Crippen molar-refractivity contribution in [2.45, 2.75) is 0 Å². The van der Waals surface area contributed by atoms with Crippen molar-refractivity contribution in [3.8, 4) is 22.7 Å². The second-order valence-corrected chi connectivity index (χ2v) is 4.94. The van der Waals surface area contributed by atoms with Crippen LogP contribution in [0.15, 0.2) is 54.7 Å². The first kappa shape index (κ1) is 13.5. The van der Waals surface area contributed by atoms with Gasteiger partial charge in [-0.15, -0.1) is 0 Å². The summed E-state index contributed by atoms with van der Waals surface area (Å²) in [5, 5.41) is 5.16. The van der Waals surface area contributed by atoms with E-state index in [1.54, 1.807) is 18.0 Å². The number of nitrogens with two attached hydrogens (primary N) is 1. The van der Waals surface area contributed by atoms with Crippen LogP contribution in [0.5, 0.6) is 5.75 Å². The summed E-state index contributed by atoms with van der Waals surface area (Å²) in [4.78, 5) is 0. The molecule has 0 saturated carbocycles. The maximum Gasteiger partial charge on any atom is 0.128 e. The van der Waals surface area contributed by atoms with E-state index in [2.05, 4.69) is 5.10 Å². The normalized spacial score (nSPS) is 10.6. The Bertz CT molecular complexity index is 783. The minimum absolute atomic E-state index is 0.569. The number of nitrogens with zero attached hydrogens (tertiary/aromatic N) is 2. The van der Waals surface area contributed by atoms with Gasteiger partial charge in [-0.05, 0) is 24.3 Å². The highest BCUT2D eigenvalue weighted by Gasteiger charge is 2.14. The van der Waals surface area contributed by atoms with Gasteiger partial charge >= 0.3 is 0 Å². The highest BCUT2D eigenvalue weighted by Crippen LogP contribution is 2.33. The molecule has 21 heavy (non-hydrogen) atoms. The molecule has 0 aliphatic rings. The minimum atomic E-state index is 0.569. The van der Waals surface area contributed by atoms with Crippen molar-refractivity contribution >= 4 is 17.3 Å². The van der Waals surface area contributed by atoms with Gasteiger partial charge in [0.25, 0.3) is 0 Å². The van der Waals surface area contributed by atoms with Crippen LogP contribution < -0.4 is 10.5 Å². The predicted octanol–water partition coefficient (Wildman–Crippen LogP) is 3.78. The number of para-hydroxylation sites is 2. The van der Waals surface area contributed by atoms with E-state index >= 15 is 0 Å². The van der Waals surface area contributed by atoms with Crippen LogP contribution in [0, 0.1) is 0 Å². The lowest BCUT2D eigenvalue weighted by Crippen LogP contribution is -1.96. The number of benzene rings is 2. The lowest BCUT2D eigenvalue weighted by Gasteiger charge is -2.06. The zero-order valence-corrected chi connectivity index (χ0v) is 12.2. The van der Waals surface area contributed by atoms with Crippen LogP contribution in [-0.4, -0.2) is 16.9 Å². The van der Waals surface area contributed by atoms with E-state index in [0.29, 0.717) is 16.4 Å². The highest BCUT2D eigenvalue weighted by atomic mass is 35.5. The number of anilines is 1. The fourth-order valence-electron chi connectivity index (χ4n) is 2.20. The summed E-state index contributed by atoms with van der Waals surface area (Å²) in [6, 6.07) is 15.1. The molecule has 0 aliphatic heterocycles. The Balaban J connectivity index is 2.13. The summed E-state index contributed by atoms with van der Waals surface area (Å²) in [6.07, 6.45) is 1.75. The molecule has 0 fully saturated rings. The van der Waals surface area contributed by atoms with Crippen LogP contribution in [0.3, 0.4) is 0 Å². The summed E-state index contributed by atoms with van der Waals surface area (Å²) >= 11 is 6.20. The van der Waals surface area contributed by atoms with Crippen LogP contribution in [-0.2, 0) is 0 Å². The van der Waals surface area contributed by atoms with Crippen molar-refractivity contribution in [3.63, 3.8) is 0 Å². The summed E-state index contributed by atoms with van der Waals surface area (Å²) in [5.74, 6) is 0.730. The lowest BCUT2D eigenvalue weighted by atomic mass is 10.1. The minimum Gasteiger partial charge on any atom is -0.496 e. The quantitative estimate of drug-likeness (QED) is 0.800. The molecule has 3 rings (SSSR count). The number of hydrogen-bond acceptors (Lipinski definition) is 3. The highest BCUT2D eigenvalue weighted by molar-refractivity contribution is 6.32. The Morgan fingerprint density at radius 1 is 1.10 bits per heavy atom. The standard InChI is InChI=1S/C16H14ClN3O/c1-21-15-9-5-2-6-11(15)16-13(18)10-20(19-16)14-8-4-3-7-12(14)17/h2-10H,18H2,1H3. The van der Waals surface area contributed by atoms with E-state index in [-0.39, 0.29) is 0 Å². The predicted molar refractivity (Wildman–Crippen MR) is 85.0 cm³/mol. The van der Waals surface area contributed by atoms with Gasteiger partial charge in [0, 0.05) is 5.56 Å². The average Bonchev–Trinajstić information content (AvgIpc) is 2.89. The third-order valence-corrected chi connectivity index (χ3v) is 3.52. The van der Waals surface area contributed by atoms with Gasteiger partial charge in [-0.25, -0.2) is 4.68 Å². The molecule has 0 unspecified atom stereocenters. The van der Waals surface area contributed by atoms with E-state index in [9.17, 15) is 0 Å². The number of halogens is 1. The van der Waals surface area contributed by atoms with Gasteiger partial charge in [0.15, 0.2) is 0 Å².